The normalized spacial score (nSPS) is 8.67. The Morgan fingerprint density at radius 1 is 1.58 bits per heavy atom. The maximum absolute atomic E-state index is 12.4. The molecule has 0 aliphatic rings. The highest BCUT2D eigenvalue weighted by Crippen LogP contribution is 1.98. The minimum absolute atomic E-state index is 0.358. The van der Waals surface area contributed by atoms with Gasteiger partial charge in [0.2, 0.25) is 0 Å². The van der Waals surface area contributed by atoms with Crippen molar-refractivity contribution >= 4 is 5.82 Å². The van der Waals surface area contributed by atoms with E-state index >= 15 is 0 Å². The number of aryl methyl sites for hydroxylation is 1. The molecule has 1 aromatic heterocycles. The monoisotopic (exact) mass is 173 g/mol. The second-order valence-corrected chi connectivity index (χ2v) is 1.87. The largest absolute Gasteiger partial charge is 0.381 e. The molecule has 0 radical (unpaired) electrons. The second-order valence-electron chi connectivity index (χ2n) is 1.87. The van der Waals surface area contributed by atoms with Gasteiger partial charge in [0.1, 0.15) is 0 Å². The van der Waals surface area contributed by atoms with E-state index in [1.807, 2.05) is 13.8 Å². The Morgan fingerprint density at radius 3 is 2.50 bits per heavy atom. The lowest BCUT2D eigenvalue weighted by molar-refractivity contribution is 0.597. The highest BCUT2D eigenvalue weighted by molar-refractivity contribution is 5.26. The van der Waals surface area contributed by atoms with Gasteiger partial charge >= 0.3 is 5.69 Å². The van der Waals surface area contributed by atoms with Crippen molar-refractivity contribution in [2.45, 2.75) is 13.8 Å². The van der Waals surface area contributed by atoms with Crippen molar-refractivity contribution in [2.75, 3.05) is 5.73 Å². The topological polar surface area (TPSA) is 60.9 Å². The predicted octanol–water partition coefficient (Wildman–Crippen LogP) is 0.528. The predicted molar refractivity (Wildman–Crippen MR) is 45.2 cm³/mol. The third kappa shape index (κ3) is 2.34. The summed E-state index contributed by atoms with van der Waals surface area (Å²) >= 11 is 0. The van der Waals surface area contributed by atoms with Crippen LogP contribution in [0.4, 0.5) is 10.2 Å². The third-order valence-electron chi connectivity index (χ3n) is 1.07. The van der Waals surface area contributed by atoms with Gasteiger partial charge in [-0.15, -0.1) is 0 Å². The third-order valence-corrected chi connectivity index (χ3v) is 1.07. The molecule has 0 spiro atoms. The molecule has 0 aliphatic carbocycles. The SMILES string of the molecule is CC.Cn1cc(F)c(N)nc1=O. The molecule has 0 fully saturated rings. The molecule has 1 rings (SSSR count). The minimum atomic E-state index is -0.679. The van der Waals surface area contributed by atoms with Crippen LogP contribution in [0.1, 0.15) is 13.8 Å². The van der Waals surface area contributed by atoms with Crippen molar-refractivity contribution in [3.63, 3.8) is 0 Å². The first-order valence-corrected chi connectivity index (χ1v) is 3.60. The fourth-order valence-corrected chi connectivity index (χ4v) is 0.527. The number of nitrogens with zero attached hydrogens (tertiary/aromatic N) is 2. The molecule has 0 unspecified atom stereocenters. The molecule has 0 bridgehead atoms. The molecule has 4 nitrogen and oxygen atoms in total. The van der Waals surface area contributed by atoms with Crippen molar-refractivity contribution in [1.29, 1.82) is 0 Å². The van der Waals surface area contributed by atoms with Gasteiger partial charge in [0, 0.05) is 13.2 Å². The standard InChI is InChI=1S/C5H6FN3O.C2H6/c1-9-2-3(6)4(7)8-5(9)10;1-2/h2H,1H3,(H2,7,8,10);1-2H3. The molecule has 0 aliphatic heterocycles. The van der Waals surface area contributed by atoms with Gasteiger partial charge in [-0.25, -0.2) is 9.18 Å². The molecular formula is C7H12FN3O. The van der Waals surface area contributed by atoms with Gasteiger partial charge in [0.25, 0.3) is 0 Å². The smallest absolute Gasteiger partial charge is 0.349 e. The van der Waals surface area contributed by atoms with Crippen LogP contribution in [0.25, 0.3) is 0 Å². The Kier molecular flexibility index (Phi) is 3.96. The van der Waals surface area contributed by atoms with Crippen molar-refractivity contribution in [2.24, 2.45) is 7.05 Å². The number of nitrogens with two attached hydrogens (primary N) is 1. The molecule has 1 heterocycles. The first-order valence-electron chi connectivity index (χ1n) is 3.60. The van der Waals surface area contributed by atoms with E-state index in [9.17, 15) is 9.18 Å². The van der Waals surface area contributed by atoms with E-state index < -0.39 is 11.5 Å². The zero-order valence-corrected chi connectivity index (χ0v) is 7.34. The van der Waals surface area contributed by atoms with Crippen LogP contribution in [-0.4, -0.2) is 9.55 Å². The van der Waals surface area contributed by atoms with Crippen molar-refractivity contribution in [3.05, 3.63) is 22.5 Å². The van der Waals surface area contributed by atoms with Gasteiger partial charge in [-0.3, -0.25) is 4.57 Å². The minimum Gasteiger partial charge on any atom is -0.381 e. The summed E-state index contributed by atoms with van der Waals surface area (Å²) in [5.74, 6) is -1.04. The fourth-order valence-electron chi connectivity index (χ4n) is 0.527. The summed E-state index contributed by atoms with van der Waals surface area (Å²) in [6, 6.07) is 0. The molecule has 0 saturated carbocycles. The van der Waals surface area contributed by atoms with E-state index in [4.69, 9.17) is 5.73 Å². The van der Waals surface area contributed by atoms with Crippen molar-refractivity contribution < 1.29 is 4.39 Å². The summed E-state index contributed by atoms with van der Waals surface area (Å²) < 4.78 is 13.4. The lowest BCUT2D eigenvalue weighted by atomic mass is 10.5. The number of anilines is 1. The number of hydrogen-bond donors (Lipinski definition) is 1. The average molecular weight is 173 g/mol. The molecule has 0 saturated heterocycles. The Hall–Kier alpha value is -1.39. The van der Waals surface area contributed by atoms with E-state index in [0.717, 1.165) is 10.8 Å². The van der Waals surface area contributed by atoms with Crippen LogP contribution in [0, 0.1) is 5.82 Å². The second kappa shape index (κ2) is 4.48. The molecule has 1 aromatic rings. The highest BCUT2D eigenvalue weighted by atomic mass is 19.1. The number of aromatic nitrogens is 2. The molecule has 0 atom stereocenters. The zero-order chi connectivity index (χ0) is 9.72. The van der Waals surface area contributed by atoms with E-state index in [2.05, 4.69) is 4.98 Å². The number of rotatable bonds is 0. The van der Waals surface area contributed by atoms with Gasteiger partial charge in [0.05, 0.1) is 0 Å². The summed E-state index contributed by atoms with van der Waals surface area (Å²) in [6.07, 6.45) is 0.991. The molecule has 5 heteroatoms. The molecular weight excluding hydrogens is 161 g/mol. The quantitative estimate of drug-likeness (QED) is 0.622. The fraction of sp³-hybridized carbons (Fsp3) is 0.429. The van der Waals surface area contributed by atoms with Crippen LogP contribution in [-0.2, 0) is 7.05 Å². The number of nitrogen functional groups attached to an aromatic ring is 1. The molecule has 2 N–H and O–H groups in total. The van der Waals surface area contributed by atoms with Crippen LogP contribution in [0.3, 0.4) is 0 Å². The summed E-state index contributed by atoms with van der Waals surface area (Å²) in [5.41, 5.74) is 4.43. The van der Waals surface area contributed by atoms with Crippen LogP contribution in [0.2, 0.25) is 0 Å². The zero-order valence-electron chi connectivity index (χ0n) is 7.34. The summed E-state index contributed by atoms with van der Waals surface area (Å²) in [6.45, 7) is 4.00. The summed E-state index contributed by atoms with van der Waals surface area (Å²) in [7, 11) is 1.40. The Bertz CT molecular complexity index is 308. The van der Waals surface area contributed by atoms with Crippen LogP contribution >= 0.6 is 0 Å². The average Bonchev–Trinajstić information content (AvgIpc) is 2.05. The van der Waals surface area contributed by atoms with E-state index in [-0.39, 0.29) is 5.82 Å². The van der Waals surface area contributed by atoms with Gasteiger partial charge < -0.3 is 5.73 Å². The lowest BCUT2D eigenvalue weighted by Gasteiger charge is -1.96. The molecule has 0 amide bonds. The summed E-state index contributed by atoms with van der Waals surface area (Å²) in [5, 5.41) is 0. The molecule has 0 aromatic carbocycles. The number of halogens is 1. The first-order chi connectivity index (χ1) is 5.61. The lowest BCUT2D eigenvalue weighted by Crippen LogP contribution is -2.21. The molecule has 12 heavy (non-hydrogen) atoms. The number of hydrogen-bond acceptors (Lipinski definition) is 3. The van der Waals surface area contributed by atoms with Gasteiger partial charge in [0.15, 0.2) is 11.6 Å². The van der Waals surface area contributed by atoms with Gasteiger partial charge in [-0.1, -0.05) is 13.8 Å². The van der Waals surface area contributed by atoms with E-state index in [1.165, 1.54) is 7.05 Å². The van der Waals surface area contributed by atoms with Crippen molar-refractivity contribution in [1.82, 2.24) is 9.55 Å². The maximum atomic E-state index is 12.4. The van der Waals surface area contributed by atoms with Crippen LogP contribution in [0.5, 0.6) is 0 Å². The van der Waals surface area contributed by atoms with Crippen LogP contribution < -0.4 is 11.4 Å². The Labute approximate surface area is 69.8 Å². The maximum Gasteiger partial charge on any atom is 0.349 e. The van der Waals surface area contributed by atoms with E-state index in [1.54, 1.807) is 0 Å². The van der Waals surface area contributed by atoms with Gasteiger partial charge in [-0.05, 0) is 0 Å². The van der Waals surface area contributed by atoms with Crippen LogP contribution in [0.15, 0.2) is 11.0 Å². The van der Waals surface area contributed by atoms with Crippen molar-refractivity contribution in [3.8, 4) is 0 Å². The molecule has 68 valence electrons. The first kappa shape index (κ1) is 10.6. The Morgan fingerprint density at radius 2 is 2.08 bits per heavy atom. The van der Waals surface area contributed by atoms with Gasteiger partial charge in [-0.2, -0.15) is 4.98 Å². The Balaban J connectivity index is 0.000000561. The summed E-state index contributed by atoms with van der Waals surface area (Å²) in [4.78, 5) is 13.8. The van der Waals surface area contributed by atoms with E-state index in [0.29, 0.717) is 0 Å². The highest BCUT2D eigenvalue weighted by Gasteiger charge is 2.00.